The predicted octanol–water partition coefficient (Wildman–Crippen LogP) is -0.109. The van der Waals surface area contributed by atoms with Gasteiger partial charge in [0.2, 0.25) is 0 Å². The summed E-state index contributed by atoms with van der Waals surface area (Å²) < 4.78 is 0. The van der Waals surface area contributed by atoms with E-state index in [0.29, 0.717) is 6.42 Å². The number of rotatable bonds is 5. The summed E-state index contributed by atoms with van der Waals surface area (Å²) >= 11 is 3.27. The van der Waals surface area contributed by atoms with Crippen molar-refractivity contribution in [2.24, 2.45) is 5.73 Å². The van der Waals surface area contributed by atoms with E-state index in [1.54, 1.807) is 0 Å². The van der Waals surface area contributed by atoms with Crippen molar-refractivity contribution in [1.82, 2.24) is 0 Å². The highest BCUT2D eigenvalue weighted by Crippen LogP contribution is 2.01. The molecule has 1 atom stereocenters. The Morgan fingerprint density at radius 3 is 2.40 bits per heavy atom. The highest BCUT2D eigenvalue weighted by molar-refractivity contribution is 9.09. The summed E-state index contributed by atoms with van der Waals surface area (Å²) in [5.41, 5.74) is 5.34. The molecule has 0 aliphatic heterocycles. The van der Waals surface area contributed by atoms with E-state index in [0.717, 1.165) is 18.2 Å². The van der Waals surface area contributed by atoms with E-state index >= 15 is 0 Å². The van der Waals surface area contributed by atoms with Crippen LogP contribution in [0.2, 0.25) is 0 Å². The van der Waals surface area contributed by atoms with Gasteiger partial charge in [-0.2, -0.15) is 0 Å². The van der Waals surface area contributed by atoms with Crippen LogP contribution in [0.3, 0.4) is 0 Å². The summed E-state index contributed by atoms with van der Waals surface area (Å²) in [6, 6.07) is 0. The van der Waals surface area contributed by atoms with Crippen LogP contribution in [0.1, 0.15) is 19.3 Å². The Labute approximate surface area is 69.9 Å². The van der Waals surface area contributed by atoms with Crippen molar-refractivity contribution in [3.63, 3.8) is 0 Å². The molecule has 3 nitrogen and oxygen atoms in total. The van der Waals surface area contributed by atoms with Gasteiger partial charge in [-0.15, -0.1) is 0 Å². The summed E-state index contributed by atoms with van der Waals surface area (Å²) in [5.74, 6) is -0.487. The third-order valence-electron chi connectivity index (χ3n) is 1.30. The molecule has 0 saturated heterocycles. The Morgan fingerprint density at radius 2 is 2.00 bits per heavy atom. The first-order chi connectivity index (χ1) is 4.68. The zero-order valence-electron chi connectivity index (χ0n) is 5.83. The zero-order chi connectivity index (χ0) is 7.98. The summed E-state index contributed by atoms with van der Waals surface area (Å²) in [6.07, 6.45) is 2.63. The maximum absolute atomic E-state index is 8.54. The van der Waals surface area contributed by atoms with Gasteiger partial charge < -0.3 is 15.8 Å². The van der Waals surface area contributed by atoms with Crippen molar-refractivity contribution in [1.29, 1.82) is 0 Å². The van der Waals surface area contributed by atoms with Gasteiger partial charge in [-0.3, -0.25) is 0 Å². The molecule has 0 aromatic rings. The van der Waals surface area contributed by atoms with Crippen LogP contribution in [0.5, 0.6) is 0 Å². The van der Waals surface area contributed by atoms with Gasteiger partial charge in [0.05, 0.1) is 0 Å². The molecule has 0 aromatic carbocycles. The first-order valence-electron chi connectivity index (χ1n) is 3.36. The monoisotopic (exact) mass is 209 g/mol. The highest BCUT2D eigenvalue weighted by Gasteiger charge is 2.17. The molecule has 0 rings (SSSR count). The van der Waals surface area contributed by atoms with Crippen molar-refractivity contribution < 1.29 is 10.0 Å². The van der Waals surface area contributed by atoms with Crippen LogP contribution in [0, 0.1) is 0 Å². The van der Waals surface area contributed by atoms with Crippen molar-refractivity contribution in [2.45, 2.75) is 25.2 Å². The molecule has 0 spiro atoms. The van der Waals surface area contributed by atoms with E-state index in [2.05, 4.69) is 15.9 Å². The van der Waals surface area contributed by atoms with Crippen molar-refractivity contribution in [3.05, 3.63) is 0 Å². The Morgan fingerprint density at radius 1 is 1.40 bits per heavy atom. The largest absolute Gasteiger partial charge is 0.469 e. The van der Waals surface area contributed by atoms with Gasteiger partial charge in [0.1, 0.15) is 0 Å². The topological polar surface area (TPSA) is 66.5 Å². The van der Waals surface area contributed by atoms with E-state index in [-0.39, 0.29) is 0 Å². The number of hydrogen-bond acceptors (Lipinski definition) is 3. The Kier molecular flexibility index (Phi) is 6.42. The summed E-state index contributed by atoms with van der Waals surface area (Å²) in [6.45, 7) is 0. The average molecular weight is 210 g/mol. The molecule has 0 aliphatic rings. The fraction of sp³-hybridized carbons (Fsp3) is 1.00. The van der Waals surface area contributed by atoms with Gasteiger partial charge >= 0.3 is 7.12 Å². The molecule has 0 amide bonds. The van der Waals surface area contributed by atoms with Crippen LogP contribution in [-0.4, -0.2) is 28.4 Å². The SMILES string of the molecule is N[C@@H](CCCCBr)B(O)O. The molecule has 0 heterocycles. The molecule has 0 bridgehead atoms. The number of hydrogen-bond donors (Lipinski definition) is 3. The van der Waals surface area contributed by atoms with Crippen molar-refractivity contribution in [3.8, 4) is 0 Å². The van der Waals surface area contributed by atoms with Crippen LogP contribution in [0.4, 0.5) is 0 Å². The van der Waals surface area contributed by atoms with Crippen LogP contribution >= 0.6 is 15.9 Å². The molecule has 0 aromatic heterocycles. The first kappa shape index (κ1) is 10.4. The zero-order valence-corrected chi connectivity index (χ0v) is 7.42. The molecule has 4 N–H and O–H groups in total. The van der Waals surface area contributed by atoms with Gasteiger partial charge in [-0.05, 0) is 12.8 Å². The Bertz CT molecular complexity index is 84.0. The van der Waals surface area contributed by atoms with Gasteiger partial charge in [-0.25, -0.2) is 0 Å². The average Bonchev–Trinajstić information content (AvgIpc) is 1.88. The molecular formula is C5H13BBrNO2. The van der Waals surface area contributed by atoms with E-state index in [1.165, 1.54) is 0 Å². The fourth-order valence-electron chi connectivity index (χ4n) is 0.624. The minimum atomic E-state index is -1.37. The molecule has 0 aliphatic carbocycles. The summed E-state index contributed by atoms with van der Waals surface area (Å²) in [5, 5.41) is 18.0. The molecule has 0 radical (unpaired) electrons. The second-order valence-electron chi connectivity index (χ2n) is 2.26. The molecule has 0 unspecified atom stereocenters. The molecule has 60 valence electrons. The van der Waals surface area contributed by atoms with Crippen molar-refractivity contribution >= 4 is 23.0 Å². The fourth-order valence-corrected chi connectivity index (χ4v) is 1.02. The highest BCUT2D eigenvalue weighted by atomic mass is 79.9. The van der Waals surface area contributed by atoms with Crippen LogP contribution < -0.4 is 5.73 Å². The molecule has 10 heavy (non-hydrogen) atoms. The molecule has 5 heteroatoms. The minimum Gasteiger partial charge on any atom is -0.426 e. The summed E-state index contributed by atoms with van der Waals surface area (Å²) in [7, 11) is -1.37. The predicted molar refractivity (Wildman–Crippen MR) is 45.8 cm³/mol. The molecule has 0 saturated carbocycles. The van der Waals surface area contributed by atoms with Gasteiger partial charge in [0.15, 0.2) is 0 Å². The maximum Gasteiger partial charge on any atom is 0.469 e. The van der Waals surface area contributed by atoms with Crippen molar-refractivity contribution in [2.75, 3.05) is 5.33 Å². The standard InChI is InChI=1S/C5H13BBrNO2/c7-4-2-1-3-5(8)6(9)10/h5,9-10H,1-4,8H2/t5-/m0/s1. The quantitative estimate of drug-likeness (QED) is 0.337. The normalized spacial score (nSPS) is 13.2. The summed E-state index contributed by atoms with van der Waals surface area (Å²) in [4.78, 5) is 0. The first-order valence-corrected chi connectivity index (χ1v) is 4.48. The maximum atomic E-state index is 8.54. The lowest BCUT2D eigenvalue weighted by molar-refractivity contribution is 0.380. The lowest BCUT2D eigenvalue weighted by Gasteiger charge is -2.07. The Hall–Kier alpha value is 0.425. The van der Waals surface area contributed by atoms with E-state index < -0.39 is 13.1 Å². The molecular weight excluding hydrogens is 197 g/mol. The molecule has 0 fully saturated rings. The lowest BCUT2D eigenvalue weighted by atomic mass is 9.77. The van der Waals surface area contributed by atoms with Crippen LogP contribution in [0.15, 0.2) is 0 Å². The minimum absolute atomic E-state index is 0.487. The second kappa shape index (κ2) is 6.16. The third-order valence-corrected chi connectivity index (χ3v) is 1.86. The third kappa shape index (κ3) is 5.23. The van der Waals surface area contributed by atoms with Crippen LogP contribution in [0.25, 0.3) is 0 Å². The van der Waals surface area contributed by atoms with E-state index in [1.807, 2.05) is 0 Å². The number of alkyl halides is 1. The van der Waals surface area contributed by atoms with Crippen LogP contribution in [-0.2, 0) is 0 Å². The number of unbranched alkanes of at least 4 members (excludes halogenated alkanes) is 1. The van der Waals surface area contributed by atoms with Gasteiger partial charge in [-0.1, -0.05) is 22.4 Å². The number of halogens is 1. The van der Waals surface area contributed by atoms with E-state index in [4.69, 9.17) is 15.8 Å². The Balaban J connectivity index is 3.13. The number of nitrogens with two attached hydrogens (primary N) is 1. The van der Waals surface area contributed by atoms with E-state index in [9.17, 15) is 0 Å². The van der Waals surface area contributed by atoms with Gasteiger partial charge in [0, 0.05) is 11.3 Å². The lowest BCUT2D eigenvalue weighted by Crippen LogP contribution is -2.38. The smallest absolute Gasteiger partial charge is 0.426 e. The second-order valence-corrected chi connectivity index (χ2v) is 3.06. The van der Waals surface area contributed by atoms with Gasteiger partial charge in [0.25, 0.3) is 0 Å².